The summed E-state index contributed by atoms with van der Waals surface area (Å²) in [5.74, 6) is -0.657. The maximum absolute atomic E-state index is 12.6. The Morgan fingerprint density at radius 2 is 1.64 bits per heavy atom. The third-order valence-corrected chi connectivity index (χ3v) is 4.40. The fourth-order valence-electron chi connectivity index (χ4n) is 2.34. The van der Waals surface area contributed by atoms with Crippen LogP contribution in [-0.2, 0) is 22.6 Å². The fourth-order valence-corrected chi connectivity index (χ4v) is 2.46. The first kappa shape index (κ1) is 19.0. The van der Waals surface area contributed by atoms with E-state index in [0.29, 0.717) is 11.6 Å². The van der Waals surface area contributed by atoms with Gasteiger partial charge < -0.3 is 10.6 Å². The monoisotopic (exact) mass is 358 g/mol. The first-order valence-corrected chi connectivity index (χ1v) is 8.64. The molecule has 0 saturated carbocycles. The Kier molecular flexibility index (Phi) is 6.21. The van der Waals surface area contributed by atoms with Crippen molar-refractivity contribution in [2.75, 3.05) is 5.32 Å². The standard InChI is InChI=1S/C20H23ClN2O2/c1-4-15-7-5-6-8-17(15)23-19(25)20(2,3)18(24)22-13-14-9-11-16(21)12-10-14/h5-12H,4,13H2,1-3H3,(H,22,24)(H,23,25). The van der Waals surface area contributed by atoms with Gasteiger partial charge >= 0.3 is 0 Å². The van der Waals surface area contributed by atoms with Crippen molar-refractivity contribution in [3.63, 3.8) is 0 Å². The zero-order valence-corrected chi connectivity index (χ0v) is 15.5. The van der Waals surface area contributed by atoms with E-state index in [1.54, 1.807) is 26.0 Å². The molecule has 0 aromatic heterocycles. The van der Waals surface area contributed by atoms with E-state index >= 15 is 0 Å². The largest absolute Gasteiger partial charge is 0.351 e. The molecule has 2 aromatic rings. The molecule has 0 unspecified atom stereocenters. The first-order chi connectivity index (χ1) is 11.8. The predicted octanol–water partition coefficient (Wildman–Crippen LogP) is 4.18. The van der Waals surface area contributed by atoms with Gasteiger partial charge in [-0.2, -0.15) is 0 Å². The van der Waals surface area contributed by atoms with Gasteiger partial charge in [0.25, 0.3) is 0 Å². The van der Waals surface area contributed by atoms with Gasteiger partial charge in [-0.05, 0) is 49.6 Å². The molecule has 25 heavy (non-hydrogen) atoms. The van der Waals surface area contributed by atoms with Crippen LogP contribution in [0.15, 0.2) is 48.5 Å². The van der Waals surface area contributed by atoms with E-state index in [9.17, 15) is 9.59 Å². The van der Waals surface area contributed by atoms with Crippen molar-refractivity contribution >= 4 is 29.1 Å². The van der Waals surface area contributed by atoms with Crippen LogP contribution in [0.4, 0.5) is 5.69 Å². The maximum atomic E-state index is 12.6. The van der Waals surface area contributed by atoms with Crippen LogP contribution in [0.1, 0.15) is 31.9 Å². The SMILES string of the molecule is CCc1ccccc1NC(=O)C(C)(C)C(=O)NCc1ccc(Cl)cc1. The van der Waals surface area contributed by atoms with Gasteiger partial charge in [-0.3, -0.25) is 9.59 Å². The lowest BCUT2D eigenvalue weighted by molar-refractivity contribution is -0.138. The number of halogens is 1. The second kappa shape index (κ2) is 8.17. The molecule has 0 atom stereocenters. The number of carbonyl (C=O) groups excluding carboxylic acids is 2. The number of aryl methyl sites for hydroxylation is 1. The number of nitrogens with one attached hydrogen (secondary N) is 2. The summed E-state index contributed by atoms with van der Waals surface area (Å²) in [4.78, 5) is 25.1. The Morgan fingerprint density at radius 3 is 2.28 bits per heavy atom. The average Bonchev–Trinajstić information content (AvgIpc) is 2.61. The lowest BCUT2D eigenvalue weighted by atomic mass is 9.90. The van der Waals surface area contributed by atoms with Gasteiger partial charge in [0.2, 0.25) is 11.8 Å². The van der Waals surface area contributed by atoms with Crippen molar-refractivity contribution < 1.29 is 9.59 Å². The molecule has 5 heteroatoms. The van der Waals surface area contributed by atoms with Crippen LogP contribution in [0.5, 0.6) is 0 Å². The predicted molar refractivity (Wildman–Crippen MR) is 102 cm³/mol. The van der Waals surface area contributed by atoms with Crippen LogP contribution >= 0.6 is 11.6 Å². The summed E-state index contributed by atoms with van der Waals surface area (Å²) in [5.41, 5.74) is 1.51. The second-order valence-corrected chi connectivity index (χ2v) is 6.84. The molecule has 132 valence electrons. The van der Waals surface area contributed by atoms with Crippen molar-refractivity contribution in [1.29, 1.82) is 0 Å². The molecule has 0 aliphatic carbocycles. The number of hydrogen-bond acceptors (Lipinski definition) is 2. The Balaban J connectivity index is 2.01. The Bertz CT molecular complexity index is 755. The molecule has 4 nitrogen and oxygen atoms in total. The Hall–Kier alpha value is -2.33. The smallest absolute Gasteiger partial charge is 0.239 e. The highest BCUT2D eigenvalue weighted by atomic mass is 35.5. The van der Waals surface area contributed by atoms with Crippen molar-refractivity contribution in [1.82, 2.24) is 5.32 Å². The van der Waals surface area contributed by atoms with E-state index in [0.717, 1.165) is 23.2 Å². The van der Waals surface area contributed by atoms with Gasteiger partial charge in [0, 0.05) is 17.3 Å². The van der Waals surface area contributed by atoms with Crippen LogP contribution < -0.4 is 10.6 Å². The molecule has 2 rings (SSSR count). The number of benzene rings is 2. The molecule has 0 fully saturated rings. The number of amides is 2. The molecule has 0 radical (unpaired) electrons. The van der Waals surface area contributed by atoms with Gasteiger partial charge in [0.1, 0.15) is 5.41 Å². The molecule has 0 spiro atoms. The molecule has 0 aliphatic rings. The molecular formula is C20H23ClN2O2. The van der Waals surface area contributed by atoms with Gasteiger partial charge in [-0.25, -0.2) is 0 Å². The molecular weight excluding hydrogens is 336 g/mol. The van der Waals surface area contributed by atoms with Gasteiger partial charge in [-0.1, -0.05) is 48.9 Å². The second-order valence-electron chi connectivity index (χ2n) is 6.40. The van der Waals surface area contributed by atoms with E-state index < -0.39 is 5.41 Å². The zero-order chi connectivity index (χ0) is 18.4. The average molecular weight is 359 g/mol. The normalized spacial score (nSPS) is 11.0. The quantitative estimate of drug-likeness (QED) is 0.761. The molecule has 2 aromatic carbocycles. The number of hydrogen-bond donors (Lipinski definition) is 2. The molecule has 0 saturated heterocycles. The van der Waals surface area contributed by atoms with Gasteiger partial charge in [0.15, 0.2) is 0 Å². The van der Waals surface area contributed by atoms with Crippen LogP contribution in [-0.4, -0.2) is 11.8 Å². The van der Waals surface area contributed by atoms with Crippen molar-refractivity contribution in [2.45, 2.75) is 33.7 Å². The number of rotatable bonds is 6. The molecule has 0 bridgehead atoms. The third kappa shape index (κ3) is 4.83. The lowest BCUT2D eigenvalue weighted by Crippen LogP contribution is -2.45. The highest BCUT2D eigenvalue weighted by Crippen LogP contribution is 2.22. The Morgan fingerprint density at radius 1 is 1.00 bits per heavy atom. The summed E-state index contributed by atoms with van der Waals surface area (Å²) in [6.45, 7) is 5.61. The van der Waals surface area contributed by atoms with Crippen LogP contribution in [0.3, 0.4) is 0 Å². The lowest BCUT2D eigenvalue weighted by Gasteiger charge is -2.23. The van der Waals surface area contributed by atoms with Crippen molar-refractivity contribution in [3.8, 4) is 0 Å². The van der Waals surface area contributed by atoms with Gasteiger partial charge in [-0.15, -0.1) is 0 Å². The summed E-state index contributed by atoms with van der Waals surface area (Å²) in [7, 11) is 0. The minimum atomic E-state index is -1.19. The van der Waals surface area contributed by atoms with Gasteiger partial charge in [0.05, 0.1) is 0 Å². The minimum Gasteiger partial charge on any atom is -0.351 e. The van der Waals surface area contributed by atoms with E-state index in [4.69, 9.17) is 11.6 Å². The van der Waals surface area contributed by atoms with E-state index in [-0.39, 0.29) is 11.8 Å². The van der Waals surface area contributed by atoms with E-state index in [2.05, 4.69) is 10.6 Å². The maximum Gasteiger partial charge on any atom is 0.239 e. The summed E-state index contributed by atoms with van der Waals surface area (Å²) < 4.78 is 0. The fraction of sp³-hybridized carbons (Fsp3) is 0.300. The van der Waals surface area contributed by atoms with Crippen LogP contribution in [0.25, 0.3) is 0 Å². The number of para-hydroxylation sites is 1. The van der Waals surface area contributed by atoms with Crippen molar-refractivity contribution in [2.24, 2.45) is 5.41 Å². The highest BCUT2D eigenvalue weighted by Gasteiger charge is 2.36. The van der Waals surface area contributed by atoms with Crippen molar-refractivity contribution in [3.05, 3.63) is 64.7 Å². The first-order valence-electron chi connectivity index (χ1n) is 8.26. The Labute approximate surface area is 153 Å². The zero-order valence-electron chi connectivity index (χ0n) is 14.7. The summed E-state index contributed by atoms with van der Waals surface area (Å²) in [6.07, 6.45) is 0.805. The molecule has 0 heterocycles. The summed E-state index contributed by atoms with van der Waals surface area (Å²) >= 11 is 5.85. The number of carbonyl (C=O) groups is 2. The number of anilines is 1. The van der Waals surface area contributed by atoms with Crippen LogP contribution in [0, 0.1) is 5.41 Å². The van der Waals surface area contributed by atoms with E-state index in [1.165, 1.54) is 0 Å². The summed E-state index contributed by atoms with van der Waals surface area (Å²) in [5, 5.41) is 6.33. The molecule has 0 aliphatic heterocycles. The highest BCUT2D eigenvalue weighted by molar-refractivity contribution is 6.30. The van der Waals surface area contributed by atoms with Crippen LogP contribution in [0.2, 0.25) is 5.02 Å². The summed E-state index contributed by atoms with van der Waals surface area (Å²) in [6, 6.07) is 14.8. The minimum absolute atomic E-state index is 0.325. The molecule has 2 amide bonds. The third-order valence-electron chi connectivity index (χ3n) is 4.15. The molecule has 2 N–H and O–H groups in total. The van der Waals surface area contributed by atoms with E-state index in [1.807, 2.05) is 43.3 Å². The topological polar surface area (TPSA) is 58.2 Å².